The van der Waals surface area contributed by atoms with Gasteiger partial charge in [0, 0.05) is 13.1 Å². The number of carbonyl (C=O) groups is 1. The minimum Gasteiger partial charge on any atom is -0.342 e. The van der Waals surface area contributed by atoms with Crippen LogP contribution in [-0.4, -0.2) is 34.9 Å². The van der Waals surface area contributed by atoms with Gasteiger partial charge in [-0.3, -0.25) is 4.79 Å². The Morgan fingerprint density at radius 2 is 2.00 bits per heavy atom. The van der Waals surface area contributed by atoms with Crippen LogP contribution in [0.15, 0.2) is 0 Å². The maximum atomic E-state index is 11.5. The van der Waals surface area contributed by atoms with E-state index in [0.717, 1.165) is 13.1 Å². The molecule has 0 atom stereocenters. The molecule has 0 aromatic carbocycles. The fourth-order valence-corrected chi connectivity index (χ4v) is 1.95. The topological polar surface area (TPSA) is 20.3 Å². The molecule has 0 N–H and O–H groups in total. The molecule has 0 saturated carbocycles. The zero-order chi connectivity index (χ0) is 8.97. The molecular weight excluding hydrogens is 170 g/mol. The zero-order valence-electron chi connectivity index (χ0n) is 7.88. The van der Waals surface area contributed by atoms with Gasteiger partial charge in [0.2, 0.25) is 5.91 Å². The monoisotopic (exact) mass is 187 g/mol. The normalized spacial score (nSPS) is 17.4. The largest absolute Gasteiger partial charge is 0.342 e. The number of thioether (sulfide) groups is 1. The fourth-order valence-electron chi connectivity index (χ4n) is 1.30. The first-order valence-electron chi connectivity index (χ1n) is 4.59. The Morgan fingerprint density at radius 1 is 1.42 bits per heavy atom. The van der Waals surface area contributed by atoms with Gasteiger partial charge >= 0.3 is 0 Å². The van der Waals surface area contributed by atoms with E-state index in [0.29, 0.717) is 16.9 Å². The first kappa shape index (κ1) is 9.90. The molecule has 1 aliphatic heterocycles. The van der Waals surface area contributed by atoms with Gasteiger partial charge in [-0.2, -0.15) is 0 Å². The van der Waals surface area contributed by atoms with Crippen LogP contribution in [0.1, 0.15) is 26.7 Å². The summed E-state index contributed by atoms with van der Waals surface area (Å²) < 4.78 is 0. The Morgan fingerprint density at radius 3 is 2.50 bits per heavy atom. The maximum Gasteiger partial charge on any atom is 0.232 e. The summed E-state index contributed by atoms with van der Waals surface area (Å²) in [5, 5.41) is 0.566. The molecule has 1 rings (SSSR count). The van der Waals surface area contributed by atoms with Gasteiger partial charge in [0.1, 0.15) is 0 Å². The molecule has 3 heteroatoms. The van der Waals surface area contributed by atoms with Crippen LogP contribution in [0.2, 0.25) is 0 Å². The van der Waals surface area contributed by atoms with Crippen molar-refractivity contribution in [2.75, 3.05) is 18.8 Å². The van der Waals surface area contributed by atoms with Crippen LogP contribution in [0.5, 0.6) is 0 Å². The molecule has 1 heterocycles. The van der Waals surface area contributed by atoms with Crippen LogP contribution in [0.3, 0.4) is 0 Å². The van der Waals surface area contributed by atoms with E-state index in [-0.39, 0.29) is 0 Å². The molecule has 0 unspecified atom stereocenters. The standard InChI is InChI=1S/C9H17NOS/c1-8(2)12-7-9(11)10-5-3-4-6-10/h8H,3-7H2,1-2H3. The molecule has 0 radical (unpaired) electrons. The van der Waals surface area contributed by atoms with Crippen LogP contribution in [0, 0.1) is 0 Å². The molecule has 1 aliphatic rings. The van der Waals surface area contributed by atoms with Crippen LogP contribution in [0.25, 0.3) is 0 Å². The first-order chi connectivity index (χ1) is 5.70. The number of amides is 1. The Hall–Kier alpha value is -0.180. The van der Waals surface area contributed by atoms with E-state index in [1.54, 1.807) is 11.8 Å². The second-order valence-electron chi connectivity index (χ2n) is 3.45. The molecule has 1 amide bonds. The van der Waals surface area contributed by atoms with Crippen molar-refractivity contribution >= 4 is 17.7 Å². The van der Waals surface area contributed by atoms with Gasteiger partial charge in [0.25, 0.3) is 0 Å². The smallest absolute Gasteiger partial charge is 0.232 e. The quantitative estimate of drug-likeness (QED) is 0.671. The Bertz CT molecular complexity index is 153. The van der Waals surface area contributed by atoms with Crippen molar-refractivity contribution in [1.82, 2.24) is 4.90 Å². The minimum absolute atomic E-state index is 0.325. The number of hydrogen-bond acceptors (Lipinski definition) is 2. The van der Waals surface area contributed by atoms with Crippen LogP contribution in [0.4, 0.5) is 0 Å². The lowest BCUT2D eigenvalue weighted by atomic mass is 10.4. The summed E-state index contributed by atoms with van der Waals surface area (Å²) in [5.41, 5.74) is 0. The second kappa shape index (κ2) is 4.75. The number of rotatable bonds is 3. The van der Waals surface area contributed by atoms with Crippen molar-refractivity contribution in [3.05, 3.63) is 0 Å². The van der Waals surface area contributed by atoms with Gasteiger partial charge in [-0.15, -0.1) is 11.8 Å². The number of hydrogen-bond donors (Lipinski definition) is 0. The number of nitrogens with zero attached hydrogens (tertiary/aromatic N) is 1. The van der Waals surface area contributed by atoms with Crippen LogP contribution < -0.4 is 0 Å². The lowest BCUT2D eigenvalue weighted by Crippen LogP contribution is -2.29. The molecule has 0 aromatic rings. The average Bonchev–Trinajstić information content (AvgIpc) is 2.51. The van der Waals surface area contributed by atoms with E-state index in [1.165, 1.54) is 12.8 Å². The molecule has 12 heavy (non-hydrogen) atoms. The van der Waals surface area contributed by atoms with E-state index in [1.807, 2.05) is 4.90 Å². The third kappa shape index (κ3) is 3.05. The second-order valence-corrected chi connectivity index (χ2v) is 5.01. The molecule has 70 valence electrons. The van der Waals surface area contributed by atoms with Crippen LogP contribution in [-0.2, 0) is 4.79 Å². The predicted molar refractivity (Wildman–Crippen MR) is 53.4 cm³/mol. The molecule has 1 fully saturated rings. The molecular formula is C9H17NOS. The van der Waals surface area contributed by atoms with Gasteiger partial charge in [0.05, 0.1) is 5.75 Å². The van der Waals surface area contributed by atoms with E-state index in [9.17, 15) is 4.79 Å². The molecule has 0 aliphatic carbocycles. The third-order valence-electron chi connectivity index (χ3n) is 2.00. The van der Waals surface area contributed by atoms with E-state index in [4.69, 9.17) is 0 Å². The highest BCUT2D eigenvalue weighted by Crippen LogP contribution is 2.13. The first-order valence-corrected chi connectivity index (χ1v) is 5.64. The molecule has 0 bridgehead atoms. The number of carbonyl (C=O) groups excluding carboxylic acids is 1. The summed E-state index contributed by atoms with van der Waals surface area (Å²) >= 11 is 1.74. The van der Waals surface area contributed by atoms with Crippen molar-refractivity contribution in [3.63, 3.8) is 0 Å². The van der Waals surface area contributed by atoms with Crippen molar-refractivity contribution in [3.8, 4) is 0 Å². The summed E-state index contributed by atoms with van der Waals surface area (Å²) in [7, 11) is 0. The molecule has 0 aromatic heterocycles. The fraction of sp³-hybridized carbons (Fsp3) is 0.889. The molecule has 0 spiro atoms. The van der Waals surface area contributed by atoms with Gasteiger partial charge in [-0.25, -0.2) is 0 Å². The molecule has 2 nitrogen and oxygen atoms in total. The van der Waals surface area contributed by atoms with Crippen LogP contribution >= 0.6 is 11.8 Å². The average molecular weight is 187 g/mol. The summed E-state index contributed by atoms with van der Waals surface area (Å²) in [6, 6.07) is 0. The lowest BCUT2D eigenvalue weighted by molar-refractivity contribution is -0.127. The van der Waals surface area contributed by atoms with Crippen molar-refractivity contribution in [2.45, 2.75) is 31.9 Å². The summed E-state index contributed by atoms with van der Waals surface area (Å²) in [5.74, 6) is 0.990. The highest BCUT2D eigenvalue weighted by atomic mass is 32.2. The van der Waals surface area contributed by atoms with Gasteiger partial charge < -0.3 is 4.90 Å². The summed E-state index contributed by atoms with van der Waals surface area (Å²) in [6.07, 6.45) is 2.39. The Labute approximate surface area is 78.7 Å². The Kier molecular flexibility index (Phi) is 3.92. The van der Waals surface area contributed by atoms with E-state index in [2.05, 4.69) is 13.8 Å². The van der Waals surface area contributed by atoms with E-state index < -0.39 is 0 Å². The highest BCUT2D eigenvalue weighted by Gasteiger charge is 2.17. The predicted octanol–water partition coefficient (Wildman–Crippen LogP) is 1.75. The number of likely N-dealkylation sites (tertiary alicyclic amines) is 1. The van der Waals surface area contributed by atoms with Crippen molar-refractivity contribution < 1.29 is 4.79 Å². The van der Waals surface area contributed by atoms with Gasteiger partial charge in [-0.1, -0.05) is 13.8 Å². The van der Waals surface area contributed by atoms with Crippen molar-refractivity contribution in [1.29, 1.82) is 0 Å². The summed E-state index contributed by atoms with van der Waals surface area (Å²) in [4.78, 5) is 13.4. The lowest BCUT2D eigenvalue weighted by Gasteiger charge is -2.15. The minimum atomic E-state index is 0.325. The van der Waals surface area contributed by atoms with Gasteiger partial charge in [0.15, 0.2) is 0 Å². The zero-order valence-corrected chi connectivity index (χ0v) is 8.69. The highest BCUT2D eigenvalue weighted by molar-refractivity contribution is 8.00. The van der Waals surface area contributed by atoms with Crippen molar-refractivity contribution in [2.24, 2.45) is 0 Å². The third-order valence-corrected chi connectivity index (χ3v) is 3.08. The van der Waals surface area contributed by atoms with E-state index >= 15 is 0 Å². The van der Waals surface area contributed by atoms with Gasteiger partial charge in [-0.05, 0) is 18.1 Å². The summed E-state index contributed by atoms with van der Waals surface area (Å²) in [6.45, 7) is 6.22. The maximum absolute atomic E-state index is 11.5. The SMILES string of the molecule is CC(C)SCC(=O)N1CCCC1. The molecule has 1 saturated heterocycles. The Balaban J connectivity index is 2.18.